The van der Waals surface area contributed by atoms with E-state index in [9.17, 15) is 0 Å². The van der Waals surface area contributed by atoms with Crippen LogP contribution in [0.3, 0.4) is 0 Å². The zero-order chi connectivity index (χ0) is 41.7. The van der Waals surface area contributed by atoms with Gasteiger partial charge in [0.25, 0.3) is 0 Å². The molecule has 294 valence electrons. The summed E-state index contributed by atoms with van der Waals surface area (Å²) < 4.78 is 0. The van der Waals surface area contributed by atoms with Crippen molar-refractivity contribution >= 4 is 70.9 Å². The Bertz CT molecular complexity index is 3650. The fourth-order valence-corrected chi connectivity index (χ4v) is 9.79. The fourth-order valence-electron chi connectivity index (χ4n) is 9.79. The zero-order valence-electron chi connectivity index (χ0n) is 34.6. The lowest BCUT2D eigenvalue weighted by molar-refractivity contribution is 1.30. The van der Waals surface area contributed by atoms with Crippen molar-refractivity contribution in [2.24, 2.45) is 0 Å². The van der Waals surface area contributed by atoms with E-state index in [1.54, 1.807) is 0 Å². The van der Waals surface area contributed by atoms with E-state index >= 15 is 0 Å². The minimum atomic E-state index is 1.09. The van der Waals surface area contributed by atoms with Crippen LogP contribution in [0, 0.1) is 0 Å². The van der Waals surface area contributed by atoms with E-state index in [1.807, 2.05) is 0 Å². The first-order valence-electron chi connectivity index (χ1n) is 21.7. The highest BCUT2D eigenvalue weighted by Crippen LogP contribution is 2.50. The Hall–Kier alpha value is -8.26. The molecule has 0 heterocycles. The topological polar surface area (TPSA) is 3.24 Å². The van der Waals surface area contributed by atoms with Crippen LogP contribution in [0.25, 0.3) is 98.4 Å². The van der Waals surface area contributed by atoms with Crippen LogP contribution in [0.1, 0.15) is 0 Å². The Morgan fingerprint density at radius 1 is 0.222 bits per heavy atom. The first kappa shape index (κ1) is 36.6. The van der Waals surface area contributed by atoms with Gasteiger partial charge in [-0.1, -0.05) is 212 Å². The number of hydrogen-bond donors (Lipinski definition) is 0. The van der Waals surface area contributed by atoms with E-state index in [4.69, 9.17) is 0 Å². The molecule has 63 heavy (non-hydrogen) atoms. The SMILES string of the molecule is c1ccc(-c2cccc(-c3c(N(c4ccc(-c5ccc6ccc7ccccc7c6c5)cc4)c4ccc(-c5cccc6ccccc56)cc4)c4ccccc4c4ccccc34)c2)cc1. The van der Waals surface area contributed by atoms with Gasteiger partial charge in [-0.15, -0.1) is 0 Å². The van der Waals surface area contributed by atoms with Gasteiger partial charge in [0.15, 0.2) is 0 Å². The van der Waals surface area contributed by atoms with Gasteiger partial charge in [-0.05, 0) is 124 Å². The molecule has 0 unspecified atom stereocenters. The lowest BCUT2D eigenvalue weighted by Gasteiger charge is -2.31. The molecule has 0 N–H and O–H groups in total. The molecule has 12 aromatic rings. The predicted molar refractivity (Wildman–Crippen MR) is 270 cm³/mol. The summed E-state index contributed by atoms with van der Waals surface area (Å²) in [7, 11) is 0. The standard InChI is InChI=1S/C62H41N/c1-2-14-42(15-3-1)48-19-12-20-50(40-48)61-58-25-10-8-23-56(58)57-24-9-11-26-59(57)62(61)63(52-38-34-46(35-39-52)54-27-13-18-44-16-4-6-21-53(44)54)51-36-32-43(33-37-51)49-31-30-47-29-28-45-17-5-7-22-55(45)60(47)41-49/h1-41H. The highest BCUT2D eigenvalue weighted by atomic mass is 15.1. The molecule has 0 aliphatic carbocycles. The van der Waals surface area contributed by atoms with E-state index < -0.39 is 0 Å². The normalized spacial score (nSPS) is 11.5. The van der Waals surface area contributed by atoms with Gasteiger partial charge in [0.1, 0.15) is 0 Å². The zero-order valence-corrected chi connectivity index (χ0v) is 34.6. The molecule has 0 aliphatic rings. The smallest absolute Gasteiger partial charge is 0.0624 e. The van der Waals surface area contributed by atoms with Crippen LogP contribution >= 0.6 is 0 Å². The molecule has 0 aliphatic heterocycles. The van der Waals surface area contributed by atoms with Crippen LogP contribution in [-0.4, -0.2) is 0 Å². The van der Waals surface area contributed by atoms with Crippen molar-refractivity contribution in [1.82, 2.24) is 0 Å². The van der Waals surface area contributed by atoms with Crippen molar-refractivity contribution in [3.8, 4) is 44.5 Å². The molecule has 1 nitrogen and oxygen atoms in total. The minimum Gasteiger partial charge on any atom is -0.309 e. The maximum Gasteiger partial charge on any atom is 0.0624 e. The third-order valence-corrected chi connectivity index (χ3v) is 12.8. The summed E-state index contributed by atoms with van der Waals surface area (Å²) in [4.78, 5) is 2.49. The first-order chi connectivity index (χ1) is 31.2. The molecule has 12 aromatic carbocycles. The number of anilines is 3. The maximum atomic E-state index is 2.49. The third kappa shape index (κ3) is 6.42. The second-order valence-corrected chi connectivity index (χ2v) is 16.4. The third-order valence-electron chi connectivity index (χ3n) is 12.8. The number of nitrogens with zero attached hydrogens (tertiary/aromatic N) is 1. The van der Waals surface area contributed by atoms with Crippen LogP contribution in [0.5, 0.6) is 0 Å². The Kier molecular flexibility index (Phi) is 8.90. The Morgan fingerprint density at radius 3 is 1.40 bits per heavy atom. The van der Waals surface area contributed by atoms with Gasteiger partial charge in [0, 0.05) is 22.3 Å². The second-order valence-electron chi connectivity index (χ2n) is 16.4. The van der Waals surface area contributed by atoms with Crippen LogP contribution < -0.4 is 4.90 Å². The summed E-state index contributed by atoms with van der Waals surface area (Å²) in [6, 6.07) is 91.2. The average Bonchev–Trinajstić information content (AvgIpc) is 3.37. The van der Waals surface area contributed by atoms with Crippen LogP contribution in [0.4, 0.5) is 17.1 Å². The molecule has 0 saturated carbocycles. The number of hydrogen-bond acceptors (Lipinski definition) is 1. The molecule has 0 aromatic heterocycles. The average molecular weight is 800 g/mol. The molecule has 0 fully saturated rings. The minimum absolute atomic E-state index is 1.09. The van der Waals surface area contributed by atoms with Gasteiger partial charge >= 0.3 is 0 Å². The molecule has 0 saturated heterocycles. The van der Waals surface area contributed by atoms with Crippen molar-refractivity contribution in [3.05, 3.63) is 249 Å². The van der Waals surface area contributed by atoms with E-state index in [0.29, 0.717) is 0 Å². The summed E-state index contributed by atoms with van der Waals surface area (Å²) in [5.74, 6) is 0. The second kappa shape index (κ2) is 15.3. The van der Waals surface area contributed by atoms with Gasteiger partial charge in [-0.2, -0.15) is 0 Å². The predicted octanol–water partition coefficient (Wildman–Crippen LogP) is 17.6. The highest BCUT2D eigenvalue weighted by molar-refractivity contribution is 6.22. The molecule has 1 heteroatoms. The van der Waals surface area contributed by atoms with E-state index in [2.05, 4.69) is 254 Å². The van der Waals surface area contributed by atoms with Crippen molar-refractivity contribution in [3.63, 3.8) is 0 Å². The molecule has 0 atom stereocenters. The van der Waals surface area contributed by atoms with Gasteiger partial charge in [-0.25, -0.2) is 0 Å². The summed E-state index contributed by atoms with van der Waals surface area (Å²) in [6.07, 6.45) is 0. The van der Waals surface area contributed by atoms with E-state index in [1.165, 1.54) is 98.4 Å². The van der Waals surface area contributed by atoms with Gasteiger partial charge in [0.2, 0.25) is 0 Å². The Morgan fingerprint density at radius 2 is 0.667 bits per heavy atom. The first-order valence-corrected chi connectivity index (χ1v) is 21.7. The van der Waals surface area contributed by atoms with Crippen molar-refractivity contribution in [1.29, 1.82) is 0 Å². The molecule has 0 spiro atoms. The summed E-state index contributed by atoms with van der Waals surface area (Å²) >= 11 is 0. The summed E-state index contributed by atoms with van der Waals surface area (Å²) in [5, 5.41) is 12.4. The summed E-state index contributed by atoms with van der Waals surface area (Å²) in [5.41, 5.74) is 12.9. The Labute approximate surface area is 367 Å². The molecule has 0 bridgehead atoms. The lowest BCUT2D eigenvalue weighted by atomic mass is 9.88. The molecule has 12 rings (SSSR count). The van der Waals surface area contributed by atoms with Crippen molar-refractivity contribution in [2.75, 3.05) is 4.90 Å². The van der Waals surface area contributed by atoms with Gasteiger partial charge < -0.3 is 4.90 Å². The fraction of sp³-hybridized carbons (Fsp3) is 0. The van der Waals surface area contributed by atoms with Crippen LogP contribution in [0.2, 0.25) is 0 Å². The van der Waals surface area contributed by atoms with Crippen LogP contribution in [-0.2, 0) is 0 Å². The quantitative estimate of drug-likeness (QED) is 0.145. The Balaban J connectivity index is 1.09. The number of rotatable bonds is 7. The largest absolute Gasteiger partial charge is 0.309 e. The highest BCUT2D eigenvalue weighted by Gasteiger charge is 2.24. The van der Waals surface area contributed by atoms with E-state index in [0.717, 1.165) is 17.1 Å². The van der Waals surface area contributed by atoms with Crippen molar-refractivity contribution in [2.45, 2.75) is 0 Å². The summed E-state index contributed by atoms with van der Waals surface area (Å²) in [6.45, 7) is 0. The number of benzene rings is 12. The molecular weight excluding hydrogens is 759 g/mol. The van der Waals surface area contributed by atoms with Crippen LogP contribution in [0.15, 0.2) is 249 Å². The monoisotopic (exact) mass is 799 g/mol. The molecular formula is C62H41N. The molecule has 0 radical (unpaired) electrons. The van der Waals surface area contributed by atoms with Gasteiger partial charge in [-0.3, -0.25) is 0 Å². The van der Waals surface area contributed by atoms with E-state index in [-0.39, 0.29) is 0 Å². The van der Waals surface area contributed by atoms with Gasteiger partial charge in [0.05, 0.1) is 5.69 Å². The maximum absolute atomic E-state index is 2.49. The number of fused-ring (bicyclic) bond motifs is 7. The molecule has 0 amide bonds. The van der Waals surface area contributed by atoms with Crippen molar-refractivity contribution < 1.29 is 0 Å². The lowest BCUT2D eigenvalue weighted by Crippen LogP contribution is -2.12.